The predicted molar refractivity (Wildman–Crippen MR) is 321 cm³/mol. The third kappa shape index (κ3) is 61.3. The monoisotopic (exact) mass is 1050 g/mol. The lowest BCUT2D eigenvalue weighted by molar-refractivity contribution is -0.167. The van der Waals surface area contributed by atoms with E-state index in [1.165, 1.54) is 302 Å². The fourth-order valence-electron chi connectivity index (χ4n) is 10.7. The first-order chi connectivity index (χ1) is 36.5. The summed E-state index contributed by atoms with van der Waals surface area (Å²) < 4.78 is 16.9. The number of carbonyl (C=O) groups is 3. The molecule has 0 heterocycles. The first kappa shape index (κ1) is 72.4. The maximum Gasteiger partial charge on any atom is 0.306 e. The Kier molecular flexibility index (Phi) is 62.6. The smallest absolute Gasteiger partial charge is 0.306 e. The van der Waals surface area contributed by atoms with Gasteiger partial charge in [0.25, 0.3) is 0 Å². The van der Waals surface area contributed by atoms with E-state index >= 15 is 0 Å². The van der Waals surface area contributed by atoms with Crippen molar-refractivity contribution in [2.45, 2.75) is 406 Å². The summed E-state index contributed by atoms with van der Waals surface area (Å²) in [5.74, 6) is -0.830. The van der Waals surface area contributed by atoms with Crippen LogP contribution in [-0.4, -0.2) is 37.2 Å². The van der Waals surface area contributed by atoms with Gasteiger partial charge in [-0.3, -0.25) is 14.4 Å². The average Bonchev–Trinajstić information content (AvgIpc) is 3.40. The highest BCUT2D eigenvalue weighted by Gasteiger charge is 2.19. The van der Waals surface area contributed by atoms with Gasteiger partial charge < -0.3 is 14.2 Å². The van der Waals surface area contributed by atoms with Gasteiger partial charge in [0, 0.05) is 19.3 Å². The van der Waals surface area contributed by atoms with Gasteiger partial charge in [0.15, 0.2) is 6.10 Å². The number of esters is 3. The van der Waals surface area contributed by atoms with Crippen molar-refractivity contribution < 1.29 is 28.6 Å². The molecule has 440 valence electrons. The zero-order valence-electron chi connectivity index (χ0n) is 50.7. The minimum Gasteiger partial charge on any atom is -0.462 e. The topological polar surface area (TPSA) is 78.9 Å². The molecule has 74 heavy (non-hydrogen) atoms. The molecule has 6 heteroatoms. The van der Waals surface area contributed by atoms with Crippen LogP contribution >= 0.6 is 0 Å². The Morgan fingerprint density at radius 2 is 0.365 bits per heavy atom. The highest BCUT2D eigenvalue weighted by molar-refractivity contribution is 5.71. The molecule has 6 nitrogen and oxygen atoms in total. The molecular weight excluding hydrogens is 913 g/mol. The minimum absolute atomic E-state index is 0.0609. The Morgan fingerprint density at radius 1 is 0.216 bits per heavy atom. The Balaban J connectivity index is 4.01. The van der Waals surface area contributed by atoms with E-state index in [0.29, 0.717) is 19.3 Å². The molecule has 0 aliphatic carbocycles. The lowest BCUT2D eigenvalue weighted by atomic mass is 10.0. The maximum absolute atomic E-state index is 12.9. The fourth-order valence-corrected chi connectivity index (χ4v) is 10.7. The Morgan fingerprint density at radius 3 is 0.541 bits per heavy atom. The van der Waals surface area contributed by atoms with Gasteiger partial charge in [-0.25, -0.2) is 0 Å². The summed E-state index contributed by atoms with van der Waals surface area (Å²) in [5.41, 5.74) is 0. The van der Waals surface area contributed by atoms with Crippen molar-refractivity contribution in [2.75, 3.05) is 13.2 Å². The Hall–Kier alpha value is -1.59. The molecule has 0 saturated carbocycles. The molecule has 0 radical (unpaired) electrons. The molecule has 0 aromatic carbocycles. The van der Waals surface area contributed by atoms with E-state index in [0.717, 1.165) is 57.8 Å². The van der Waals surface area contributed by atoms with E-state index in [9.17, 15) is 14.4 Å². The highest BCUT2D eigenvalue weighted by atomic mass is 16.6. The quantitative estimate of drug-likeness (QED) is 0.0343. The van der Waals surface area contributed by atoms with Crippen molar-refractivity contribution in [3.8, 4) is 0 Å². The van der Waals surface area contributed by atoms with E-state index in [1.54, 1.807) is 0 Å². The lowest BCUT2D eigenvalue weighted by Crippen LogP contribution is -2.30. The minimum atomic E-state index is -0.761. The summed E-state index contributed by atoms with van der Waals surface area (Å²) in [6.45, 7) is 6.71. The molecule has 0 fully saturated rings. The second-order valence-corrected chi connectivity index (χ2v) is 23.5. The van der Waals surface area contributed by atoms with E-state index in [-0.39, 0.29) is 31.1 Å². The van der Waals surface area contributed by atoms with Crippen LogP contribution in [0, 0.1) is 0 Å². The summed E-state index contributed by atoms with van der Waals surface area (Å²) in [7, 11) is 0. The standard InChI is InChI=1S/C68H132O6/c1-4-7-10-13-16-19-22-24-26-27-28-29-30-31-32-33-34-35-36-37-38-39-40-41-43-44-46-49-52-55-58-61-67(70)73-64-65(63-72-66(69)60-57-54-51-48-21-18-15-12-9-6-3)74-68(71)62-59-56-53-50-47-45-42-25-23-20-17-14-11-8-5-2/h65H,4-64H2,1-3H3. The molecule has 0 aliphatic heterocycles. The molecule has 0 amide bonds. The van der Waals surface area contributed by atoms with Crippen LogP contribution in [0.2, 0.25) is 0 Å². The van der Waals surface area contributed by atoms with Crippen molar-refractivity contribution in [2.24, 2.45) is 0 Å². The van der Waals surface area contributed by atoms with Crippen LogP contribution in [0.4, 0.5) is 0 Å². The van der Waals surface area contributed by atoms with E-state index in [4.69, 9.17) is 14.2 Å². The van der Waals surface area contributed by atoms with Gasteiger partial charge in [0.05, 0.1) is 0 Å². The van der Waals surface area contributed by atoms with Crippen molar-refractivity contribution in [1.82, 2.24) is 0 Å². The fraction of sp³-hybridized carbons (Fsp3) is 0.956. The number of ether oxygens (including phenoxy) is 3. The van der Waals surface area contributed by atoms with Crippen molar-refractivity contribution in [3.63, 3.8) is 0 Å². The van der Waals surface area contributed by atoms with Gasteiger partial charge in [-0.15, -0.1) is 0 Å². The summed E-state index contributed by atoms with van der Waals surface area (Å²) in [6.07, 6.45) is 74.4. The van der Waals surface area contributed by atoms with Crippen molar-refractivity contribution in [1.29, 1.82) is 0 Å². The number of unbranched alkanes of at least 4 members (excludes halogenated alkanes) is 53. The molecule has 0 N–H and O–H groups in total. The lowest BCUT2D eigenvalue weighted by Gasteiger charge is -2.18. The number of hydrogen-bond acceptors (Lipinski definition) is 6. The van der Waals surface area contributed by atoms with E-state index in [2.05, 4.69) is 20.8 Å². The van der Waals surface area contributed by atoms with Crippen LogP contribution in [0.3, 0.4) is 0 Å². The van der Waals surface area contributed by atoms with Crippen LogP contribution in [0.15, 0.2) is 0 Å². The largest absolute Gasteiger partial charge is 0.462 e. The number of rotatable bonds is 64. The molecule has 0 aliphatic rings. The highest BCUT2D eigenvalue weighted by Crippen LogP contribution is 2.19. The van der Waals surface area contributed by atoms with Crippen molar-refractivity contribution in [3.05, 3.63) is 0 Å². The van der Waals surface area contributed by atoms with E-state index < -0.39 is 6.10 Å². The zero-order chi connectivity index (χ0) is 53.6. The summed E-state index contributed by atoms with van der Waals surface area (Å²) in [5, 5.41) is 0. The van der Waals surface area contributed by atoms with Gasteiger partial charge in [-0.1, -0.05) is 361 Å². The molecule has 0 aromatic rings. The van der Waals surface area contributed by atoms with Crippen LogP contribution in [-0.2, 0) is 28.6 Å². The third-order valence-corrected chi connectivity index (χ3v) is 15.9. The van der Waals surface area contributed by atoms with E-state index in [1.807, 2.05) is 0 Å². The van der Waals surface area contributed by atoms with Gasteiger partial charge in [-0.2, -0.15) is 0 Å². The Labute approximate surface area is 463 Å². The first-order valence-electron chi connectivity index (χ1n) is 34.0. The molecule has 0 bridgehead atoms. The maximum atomic E-state index is 12.9. The normalized spacial score (nSPS) is 11.9. The molecular formula is C68H132O6. The van der Waals surface area contributed by atoms with Gasteiger partial charge in [-0.05, 0) is 19.3 Å². The van der Waals surface area contributed by atoms with Crippen LogP contribution in [0.25, 0.3) is 0 Å². The van der Waals surface area contributed by atoms with Gasteiger partial charge in [0.1, 0.15) is 13.2 Å². The summed E-state index contributed by atoms with van der Waals surface area (Å²) >= 11 is 0. The number of carbonyl (C=O) groups excluding carboxylic acids is 3. The SMILES string of the molecule is CCCCCCCCCCCCCCCCCCCCCCCCCCCCCCCCCC(=O)OCC(COC(=O)CCCCCCCCCCCC)OC(=O)CCCCCCCCCCCCCCCCC. The zero-order valence-corrected chi connectivity index (χ0v) is 50.7. The van der Waals surface area contributed by atoms with Crippen LogP contribution < -0.4 is 0 Å². The van der Waals surface area contributed by atoms with Crippen LogP contribution in [0.5, 0.6) is 0 Å². The molecule has 1 unspecified atom stereocenters. The van der Waals surface area contributed by atoms with Gasteiger partial charge >= 0.3 is 17.9 Å². The second kappa shape index (κ2) is 63.9. The first-order valence-corrected chi connectivity index (χ1v) is 34.0. The number of hydrogen-bond donors (Lipinski definition) is 0. The summed E-state index contributed by atoms with van der Waals surface area (Å²) in [6, 6.07) is 0. The second-order valence-electron chi connectivity index (χ2n) is 23.5. The molecule has 0 aromatic heterocycles. The van der Waals surface area contributed by atoms with Crippen molar-refractivity contribution >= 4 is 17.9 Å². The third-order valence-electron chi connectivity index (χ3n) is 15.9. The summed E-state index contributed by atoms with van der Waals surface area (Å²) in [4.78, 5) is 38.2. The average molecular weight is 1050 g/mol. The molecule has 0 spiro atoms. The molecule has 0 saturated heterocycles. The van der Waals surface area contributed by atoms with Gasteiger partial charge in [0.2, 0.25) is 0 Å². The molecule has 1 atom stereocenters. The van der Waals surface area contributed by atoms with Crippen LogP contribution in [0.1, 0.15) is 400 Å². The molecule has 0 rings (SSSR count). The predicted octanol–water partition coefficient (Wildman–Crippen LogP) is 23.1. The Bertz CT molecular complexity index is 1110.